The van der Waals surface area contributed by atoms with Crippen LogP contribution in [0.4, 0.5) is 0 Å². The van der Waals surface area contributed by atoms with Crippen LogP contribution < -0.4 is 4.49 Å². The van der Waals surface area contributed by atoms with E-state index in [1.807, 2.05) is 0 Å². The van der Waals surface area contributed by atoms with Crippen molar-refractivity contribution in [3.63, 3.8) is 0 Å². The Hall–Kier alpha value is 1.19. The highest BCUT2D eigenvalue weighted by atomic mass is 32.7. The van der Waals surface area contributed by atoms with E-state index in [9.17, 15) is 4.21 Å². The molecule has 1 N–H and O–H groups in total. The van der Waals surface area contributed by atoms with E-state index in [1.54, 1.807) is 0 Å². The van der Waals surface area contributed by atoms with Crippen LogP contribution in [0.2, 0.25) is 0 Å². The van der Waals surface area contributed by atoms with Crippen molar-refractivity contribution in [2.75, 3.05) is 0 Å². The Morgan fingerprint density at radius 2 is 1.27 bits per heavy atom. The molecule has 0 heterocycles. The molecule has 0 radical (unpaired) electrons. The molecule has 0 aliphatic heterocycles. The average molecular weight is 386 g/mol. The lowest BCUT2D eigenvalue weighted by Crippen LogP contribution is -2.28. The van der Waals surface area contributed by atoms with Gasteiger partial charge in [-0.3, -0.25) is 0 Å². The third-order valence-corrected chi connectivity index (χ3v) is 19.8. The van der Waals surface area contributed by atoms with Gasteiger partial charge in [0.05, 0.1) is 0 Å². The summed E-state index contributed by atoms with van der Waals surface area (Å²) in [5, 5.41) is 0. The van der Waals surface area contributed by atoms with Crippen molar-refractivity contribution >= 4 is 35.7 Å². The van der Waals surface area contributed by atoms with E-state index >= 15 is 0 Å². The Morgan fingerprint density at radius 3 is 1.55 bits per heavy atom. The first-order chi connectivity index (χ1) is 10.2. The summed E-state index contributed by atoms with van der Waals surface area (Å²) in [6.45, 7) is 17.8. The summed E-state index contributed by atoms with van der Waals surface area (Å²) < 4.78 is 16.7. The van der Waals surface area contributed by atoms with E-state index in [0.29, 0.717) is 22.6 Å². The molecule has 0 saturated carbocycles. The zero-order valence-electron chi connectivity index (χ0n) is 15.8. The van der Waals surface area contributed by atoms with Gasteiger partial charge in [-0.2, -0.15) is 0 Å². The van der Waals surface area contributed by atoms with Gasteiger partial charge in [0.15, 0.2) is 0 Å². The summed E-state index contributed by atoms with van der Waals surface area (Å²) in [5.74, 6) is 0. The molecule has 0 aromatic carbocycles. The normalized spacial score (nSPS) is 23.1. The molecule has 0 spiro atoms. The summed E-state index contributed by atoms with van der Waals surface area (Å²) >= 11 is 6.10. The molecular formula is C16H37NOP2S2. The standard InChI is InChI=1S/C16H37NOP2S2/c1-9-13(5)19(14(6)10-2)22(18)17-20(21,15(7)11-3)16(8)12-4/h13-16H,9-12H2,1-8H3,(H,17,21). The second kappa shape index (κ2) is 10.9. The molecule has 0 aliphatic carbocycles. The Morgan fingerprint density at radius 1 is 0.909 bits per heavy atom. The first-order valence-corrected chi connectivity index (χ1v) is 14.9. The Kier molecular flexibility index (Phi) is 11.5. The SMILES string of the molecule is CCC(C)P(C(C)CC)S(=O)NP(=S)(C(C)CC)C(C)CC. The van der Waals surface area contributed by atoms with Crippen molar-refractivity contribution in [1.29, 1.82) is 0 Å². The highest BCUT2D eigenvalue weighted by Gasteiger charge is 2.35. The van der Waals surface area contributed by atoms with E-state index in [2.05, 4.69) is 59.9 Å². The number of nitrogens with one attached hydrogen (secondary N) is 1. The summed E-state index contributed by atoms with van der Waals surface area (Å²) in [5.41, 5.74) is 1.95. The lowest BCUT2D eigenvalue weighted by atomic mass is 10.4. The second-order valence-corrected chi connectivity index (χ2v) is 17.4. The van der Waals surface area contributed by atoms with Gasteiger partial charge < -0.3 is 0 Å². The monoisotopic (exact) mass is 385 g/mol. The topological polar surface area (TPSA) is 29.1 Å². The molecule has 0 aromatic heterocycles. The van der Waals surface area contributed by atoms with Gasteiger partial charge in [0.2, 0.25) is 0 Å². The van der Waals surface area contributed by atoms with Crippen molar-refractivity contribution in [2.24, 2.45) is 0 Å². The molecule has 0 fully saturated rings. The number of hydrogen-bond donors (Lipinski definition) is 1. The average Bonchev–Trinajstić information content (AvgIpc) is 2.52. The van der Waals surface area contributed by atoms with Crippen LogP contribution in [0, 0.1) is 0 Å². The van der Waals surface area contributed by atoms with Crippen LogP contribution in [0.5, 0.6) is 0 Å². The van der Waals surface area contributed by atoms with E-state index in [0.717, 1.165) is 25.7 Å². The lowest BCUT2D eigenvalue weighted by molar-refractivity contribution is 0.687. The van der Waals surface area contributed by atoms with Gasteiger partial charge in [-0.1, -0.05) is 67.2 Å². The molecule has 0 rings (SSSR count). The molecule has 134 valence electrons. The van der Waals surface area contributed by atoms with Crippen molar-refractivity contribution in [2.45, 2.75) is 104 Å². The Labute approximate surface area is 148 Å². The van der Waals surface area contributed by atoms with E-state index in [-0.39, 0.29) is 0 Å². The maximum Gasteiger partial charge on any atom is 0.118 e. The van der Waals surface area contributed by atoms with E-state index in [4.69, 9.17) is 11.8 Å². The minimum Gasteiger partial charge on any atom is -0.238 e. The fourth-order valence-electron chi connectivity index (χ4n) is 2.45. The minimum absolute atomic E-state index is 0.451. The summed E-state index contributed by atoms with van der Waals surface area (Å²) in [7, 11) is -1.52. The lowest BCUT2D eigenvalue weighted by Gasteiger charge is -2.37. The summed E-state index contributed by atoms with van der Waals surface area (Å²) in [4.78, 5) is 0. The molecule has 0 saturated heterocycles. The molecule has 0 amide bonds. The summed E-state index contributed by atoms with van der Waals surface area (Å²) in [6.07, 6.45) is 2.51. The first-order valence-electron chi connectivity index (χ1n) is 8.76. The predicted molar refractivity (Wildman–Crippen MR) is 111 cm³/mol. The van der Waals surface area contributed by atoms with Gasteiger partial charge in [0, 0.05) is 13.3 Å². The number of hydrogen-bond acceptors (Lipinski definition) is 2. The van der Waals surface area contributed by atoms with Crippen molar-refractivity contribution < 1.29 is 4.21 Å². The largest absolute Gasteiger partial charge is 0.238 e. The zero-order chi connectivity index (χ0) is 17.5. The highest BCUT2D eigenvalue weighted by molar-refractivity contribution is 8.48. The third-order valence-electron chi connectivity index (χ3n) is 4.95. The van der Waals surface area contributed by atoms with Gasteiger partial charge >= 0.3 is 0 Å². The fourth-order valence-corrected chi connectivity index (χ4v) is 16.4. The molecule has 6 heteroatoms. The highest BCUT2D eigenvalue weighted by Crippen LogP contribution is 2.59. The van der Waals surface area contributed by atoms with Crippen LogP contribution in [0.25, 0.3) is 0 Å². The van der Waals surface area contributed by atoms with Gasteiger partial charge in [0.25, 0.3) is 0 Å². The molecule has 5 atom stereocenters. The van der Waals surface area contributed by atoms with Gasteiger partial charge in [-0.05, 0) is 48.3 Å². The predicted octanol–water partition coefficient (Wildman–Crippen LogP) is 6.23. The molecule has 2 nitrogen and oxygen atoms in total. The molecular weight excluding hydrogens is 348 g/mol. The van der Waals surface area contributed by atoms with Gasteiger partial charge in [-0.25, -0.2) is 8.70 Å². The first kappa shape index (κ1) is 23.2. The molecule has 0 bridgehead atoms. The zero-order valence-corrected chi connectivity index (χ0v) is 19.2. The third kappa shape index (κ3) is 5.92. The minimum atomic E-state index is -1.81. The van der Waals surface area contributed by atoms with Gasteiger partial charge in [-0.15, -0.1) is 0 Å². The van der Waals surface area contributed by atoms with Crippen LogP contribution in [0.1, 0.15) is 81.1 Å². The molecule has 22 heavy (non-hydrogen) atoms. The number of rotatable bonds is 11. The second-order valence-electron chi connectivity index (χ2n) is 6.44. The molecule has 5 unspecified atom stereocenters. The smallest absolute Gasteiger partial charge is 0.118 e. The van der Waals surface area contributed by atoms with Crippen LogP contribution in [-0.4, -0.2) is 26.8 Å². The Balaban J connectivity index is 5.42. The summed E-state index contributed by atoms with van der Waals surface area (Å²) in [6, 6.07) is 0. The van der Waals surface area contributed by atoms with Gasteiger partial charge in [0.1, 0.15) is 10.6 Å². The van der Waals surface area contributed by atoms with E-state index < -0.39 is 23.9 Å². The quantitative estimate of drug-likeness (QED) is 0.427. The fraction of sp³-hybridized carbons (Fsp3) is 1.00. The van der Waals surface area contributed by atoms with Crippen molar-refractivity contribution in [1.82, 2.24) is 4.49 Å². The maximum atomic E-state index is 13.2. The van der Waals surface area contributed by atoms with Crippen molar-refractivity contribution in [3.05, 3.63) is 0 Å². The van der Waals surface area contributed by atoms with Crippen LogP contribution >= 0.6 is 13.3 Å². The van der Waals surface area contributed by atoms with Crippen molar-refractivity contribution in [3.8, 4) is 0 Å². The van der Waals surface area contributed by atoms with E-state index in [1.165, 1.54) is 0 Å². The molecule has 0 aromatic rings. The Bertz CT molecular complexity index is 368. The van der Waals surface area contributed by atoms with Crippen LogP contribution in [0.15, 0.2) is 0 Å². The van der Waals surface area contributed by atoms with Crippen LogP contribution in [0.3, 0.4) is 0 Å². The molecule has 0 aliphatic rings. The van der Waals surface area contributed by atoms with Crippen LogP contribution in [-0.2, 0) is 22.4 Å². The maximum absolute atomic E-state index is 13.2.